The van der Waals surface area contributed by atoms with Crippen LogP contribution in [-0.4, -0.2) is 27.8 Å². The molecule has 66 valence electrons. The van der Waals surface area contributed by atoms with Crippen LogP contribution >= 0.6 is 11.8 Å². The molecular weight excluding hydrogens is 188 g/mol. The molecule has 0 radical (unpaired) electrons. The topological polar surface area (TPSA) is 59.9 Å². The molecule has 0 aliphatic carbocycles. The Morgan fingerprint density at radius 2 is 2.38 bits per heavy atom. The van der Waals surface area contributed by atoms with Gasteiger partial charge in [-0.05, 0) is 0 Å². The highest BCUT2D eigenvalue weighted by Crippen LogP contribution is 2.24. The summed E-state index contributed by atoms with van der Waals surface area (Å²) in [7, 11) is 0. The summed E-state index contributed by atoms with van der Waals surface area (Å²) in [6, 6.07) is 0. The van der Waals surface area contributed by atoms with E-state index in [1.165, 1.54) is 18.0 Å². The molecule has 0 aromatic carbocycles. The second-order valence-electron chi connectivity index (χ2n) is 2.67. The van der Waals surface area contributed by atoms with Crippen molar-refractivity contribution in [2.24, 2.45) is 0 Å². The predicted molar refractivity (Wildman–Crippen MR) is 46.9 cm³/mol. The fourth-order valence-corrected chi connectivity index (χ4v) is 1.92. The minimum Gasteiger partial charge on any atom is -0.298 e. The van der Waals surface area contributed by atoms with Crippen LogP contribution in [0.25, 0.3) is 0 Å². The number of aldehydes is 1. The third-order valence-corrected chi connectivity index (χ3v) is 2.76. The van der Waals surface area contributed by atoms with Crippen molar-refractivity contribution >= 4 is 23.8 Å². The first kappa shape index (κ1) is 8.37. The lowest BCUT2D eigenvalue weighted by Crippen LogP contribution is -2.15. The summed E-state index contributed by atoms with van der Waals surface area (Å²) in [5.41, 5.74) is 0.917. The minimum absolute atomic E-state index is 0.134. The normalized spacial score (nSPS) is 15.2. The molecule has 4 nitrogen and oxygen atoms in total. The molecule has 13 heavy (non-hydrogen) atoms. The number of thioether (sulfide) groups is 1. The van der Waals surface area contributed by atoms with Crippen LogP contribution in [0.2, 0.25) is 0 Å². The molecule has 0 amide bonds. The van der Waals surface area contributed by atoms with Crippen molar-refractivity contribution in [3.05, 3.63) is 17.6 Å². The van der Waals surface area contributed by atoms with Gasteiger partial charge in [0, 0.05) is 0 Å². The van der Waals surface area contributed by atoms with Crippen molar-refractivity contribution in [2.45, 2.75) is 11.4 Å². The summed E-state index contributed by atoms with van der Waals surface area (Å²) < 4.78 is 0. The molecule has 0 saturated carbocycles. The maximum atomic E-state index is 11.0. The number of rotatable bonds is 1. The summed E-state index contributed by atoms with van der Waals surface area (Å²) in [5.74, 6) is 0.595. The van der Waals surface area contributed by atoms with Crippen LogP contribution in [0, 0.1) is 0 Å². The Balaban J connectivity index is 2.43. The lowest BCUT2D eigenvalue weighted by Gasteiger charge is -2.11. The number of carbonyl (C=O) groups excluding carboxylic acids is 2. The Kier molecular flexibility index (Phi) is 2.10. The van der Waals surface area contributed by atoms with E-state index in [4.69, 9.17) is 0 Å². The Hall–Kier alpha value is -1.23. The fraction of sp³-hybridized carbons (Fsp3) is 0.250. The largest absolute Gasteiger partial charge is 0.298 e. The number of Topliss-reactive ketones (excluding diaryl/α,β-unsaturated/α-hetero) is 1. The van der Waals surface area contributed by atoms with Gasteiger partial charge in [0.25, 0.3) is 0 Å². The smallest absolute Gasteiger partial charge is 0.170 e. The molecule has 5 heteroatoms. The zero-order valence-corrected chi connectivity index (χ0v) is 7.50. The zero-order chi connectivity index (χ0) is 9.26. The number of ketones is 1. The van der Waals surface area contributed by atoms with Crippen LogP contribution in [0.4, 0.5) is 0 Å². The SMILES string of the molecule is O=Cc1cnc2c(n1)CC(=O)CS2. The number of carbonyl (C=O) groups is 2. The Bertz CT molecular complexity index is 378. The molecule has 2 heterocycles. The van der Waals surface area contributed by atoms with Crippen LogP contribution in [-0.2, 0) is 11.2 Å². The van der Waals surface area contributed by atoms with Gasteiger partial charge in [0.15, 0.2) is 6.29 Å². The minimum atomic E-state index is 0.134. The molecule has 0 unspecified atom stereocenters. The van der Waals surface area contributed by atoms with Gasteiger partial charge in [0.2, 0.25) is 0 Å². The molecule has 0 spiro atoms. The standard InChI is InChI=1S/C8H6N2O2S/c11-3-5-2-9-8-7(10-5)1-6(12)4-13-8/h2-3H,1,4H2. The van der Waals surface area contributed by atoms with E-state index in [9.17, 15) is 9.59 Å². The van der Waals surface area contributed by atoms with Crippen LogP contribution < -0.4 is 0 Å². The Morgan fingerprint density at radius 1 is 1.54 bits per heavy atom. The fourth-order valence-electron chi connectivity index (χ4n) is 1.11. The van der Waals surface area contributed by atoms with Gasteiger partial charge in [-0.2, -0.15) is 0 Å². The van der Waals surface area contributed by atoms with Gasteiger partial charge in [-0.15, -0.1) is 0 Å². The third kappa shape index (κ3) is 1.60. The van der Waals surface area contributed by atoms with Gasteiger partial charge >= 0.3 is 0 Å². The van der Waals surface area contributed by atoms with E-state index in [1.54, 1.807) is 0 Å². The van der Waals surface area contributed by atoms with Gasteiger partial charge in [0.1, 0.15) is 16.5 Å². The summed E-state index contributed by atoms with van der Waals surface area (Å²) >= 11 is 1.38. The molecule has 2 rings (SSSR count). The van der Waals surface area contributed by atoms with E-state index >= 15 is 0 Å². The third-order valence-electron chi connectivity index (χ3n) is 1.68. The van der Waals surface area contributed by atoms with Crippen molar-refractivity contribution in [3.8, 4) is 0 Å². The van der Waals surface area contributed by atoms with Gasteiger partial charge in [-0.3, -0.25) is 9.59 Å². The molecule has 1 aliphatic heterocycles. The van der Waals surface area contributed by atoms with Crippen LogP contribution in [0.1, 0.15) is 16.2 Å². The molecular formula is C8H6N2O2S. The van der Waals surface area contributed by atoms with Crippen molar-refractivity contribution in [3.63, 3.8) is 0 Å². The Labute approximate surface area is 78.8 Å². The first-order valence-corrected chi connectivity index (χ1v) is 4.74. The molecule has 1 aromatic rings. The summed E-state index contributed by atoms with van der Waals surface area (Å²) in [4.78, 5) is 29.5. The highest BCUT2D eigenvalue weighted by atomic mass is 32.2. The molecule has 0 bridgehead atoms. The first-order valence-electron chi connectivity index (χ1n) is 3.75. The number of nitrogens with zero attached hydrogens (tertiary/aromatic N) is 2. The summed E-state index contributed by atoms with van der Waals surface area (Å²) in [6.45, 7) is 0. The maximum absolute atomic E-state index is 11.0. The van der Waals surface area contributed by atoms with Crippen molar-refractivity contribution in [2.75, 3.05) is 5.75 Å². The zero-order valence-electron chi connectivity index (χ0n) is 6.69. The van der Waals surface area contributed by atoms with Gasteiger partial charge in [-0.25, -0.2) is 9.97 Å². The lowest BCUT2D eigenvalue weighted by molar-refractivity contribution is -0.116. The van der Waals surface area contributed by atoms with Crippen molar-refractivity contribution in [1.82, 2.24) is 9.97 Å². The molecule has 0 fully saturated rings. The monoisotopic (exact) mass is 194 g/mol. The summed E-state index contributed by atoms with van der Waals surface area (Å²) in [5, 5.41) is 0.769. The van der Waals surface area contributed by atoms with Gasteiger partial charge < -0.3 is 0 Å². The maximum Gasteiger partial charge on any atom is 0.170 e. The highest BCUT2D eigenvalue weighted by Gasteiger charge is 2.18. The molecule has 1 aromatic heterocycles. The van der Waals surface area contributed by atoms with E-state index in [2.05, 4.69) is 9.97 Å². The van der Waals surface area contributed by atoms with E-state index in [1.807, 2.05) is 0 Å². The predicted octanol–water partition coefficient (Wildman–Crippen LogP) is 0.506. The highest BCUT2D eigenvalue weighted by molar-refractivity contribution is 8.00. The number of aromatic nitrogens is 2. The number of hydrogen-bond donors (Lipinski definition) is 0. The van der Waals surface area contributed by atoms with Crippen LogP contribution in [0.5, 0.6) is 0 Å². The molecule has 0 atom stereocenters. The number of hydrogen-bond acceptors (Lipinski definition) is 5. The average Bonchev–Trinajstić information content (AvgIpc) is 2.16. The van der Waals surface area contributed by atoms with E-state index in [0.717, 1.165) is 5.03 Å². The van der Waals surface area contributed by atoms with E-state index < -0.39 is 0 Å². The molecule has 0 saturated heterocycles. The van der Waals surface area contributed by atoms with Crippen molar-refractivity contribution in [1.29, 1.82) is 0 Å². The second-order valence-corrected chi connectivity index (χ2v) is 3.63. The number of fused-ring (bicyclic) bond motifs is 1. The van der Waals surface area contributed by atoms with Gasteiger partial charge in [-0.1, -0.05) is 11.8 Å². The quantitative estimate of drug-likeness (QED) is 0.609. The van der Waals surface area contributed by atoms with Crippen molar-refractivity contribution < 1.29 is 9.59 Å². The van der Waals surface area contributed by atoms with Crippen LogP contribution in [0.3, 0.4) is 0 Å². The van der Waals surface area contributed by atoms with E-state index in [-0.39, 0.29) is 11.5 Å². The molecule has 0 N–H and O–H groups in total. The van der Waals surface area contributed by atoms with Gasteiger partial charge in [0.05, 0.1) is 24.1 Å². The summed E-state index contributed by atoms with van der Waals surface area (Å²) in [6.07, 6.45) is 2.36. The first-order chi connectivity index (χ1) is 6.29. The average molecular weight is 194 g/mol. The van der Waals surface area contributed by atoms with Crippen LogP contribution in [0.15, 0.2) is 11.2 Å². The molecule has 1 aliphatic rings. The van der Waals surface area contributed by atoms with E-state index in [0.29, 0.717) is 24.2 Å². The Morgan fingerprint density at radius 3 is 3.15 bits per heavy atom. The lowest BCUT2D eigenvalue weighted by atomic mass is 10.2. The second kappa shape index (κ2) is 3.26.